The molecule has 1 spiro atoms. The van der Waals surface area contributed by atoms with E-state index in [-0.39, 0.29) is 67.1 Å². The fraction of sp³-hybridized carbons (Fsp3) is 0.477. The molecule has 7 rings (SSSR count). The molecule has 0 aliphatic carbocycles. The lowest BCUT2D eigenvalue weighted by Crippen LogP contribution is -2.52. The van der Waals surface area contributed by atoms with Crippen LogP contribution in [0.25, 0.3) is 0 Å². The molecule has 302 valence electrons. The summed E-state index contributed by atoms with van der Waals surface area (Å²) in [7, 11) is 0.435. The number of hydrogen-bond donors (Lipinski definition) is 1. The molecule has 4 aliphatic heterocycles. The Morgan fingerprint density at radius 2 is 1.75 bits per heavy atom. The number of aliphatic hydroxyl groups excluding tert-OH is 1. The molecular formula is C44H54N4O8Si. The Kier molecular flexibility index (Phi) is 11.7. The van der Waals surface area contributed by atoms with E-state index in [0.717, 1.165) is 35.1 Å². The van der Waals surface area contributed by atoms with E-state index in [1.807, 2.05) is 60.7 Å². The van der Waals surface area contributed by atoms with E-state index in [2.05, 4.69) is 32.2 Å². The summed E-state index contributed by atoms with van der Waals surface area (Å²) in [6.45, 7) is 7.44. The number of fused-ring (bicyclic) bond motifs is 2. The lowest BCUT2D eigenvalue weighted by molar-refractivity contribution is -0.150. The van der Waals surface area contributed by atoms with Gasteiger partial charge in [-0.2, -0.15) is 5.10 Å². The highest BCUT2D eigenvalue weighted by Gasteiger charge is 2.66. The number of ether oxygens (including phenoxy) is 3. The van der Waals surface area contributed by atoms with Crippen LogP contribution in [0.1, 0.15) is 69.4 Å². The number of carbonyl (C=O) groups is 4. The molecule has 0 bridgehead atoms. The molecule has 4 aliphatic rings. The number of benzene rings is 3. The Bertz CT molecular complexity index is 2020. The minimum Gasteiger partial charge on any atom is -0.497 e. The first-order valence-electron chi connectivity index (χ1n) is 20.2. The topological polar surface area (TPSA) is 138 Å². The van der Waals surface area contributed by atoms with Crippen molar-refractivity contribution in [2.45, 2.75) is 94.7 Å². The number of aliphatic hydroxyl groups is 1. The Labute approximate surface area is 335 Å². The summed E-state index contributed by atoms with van der Waals surface area (Å²) in [6.07, 6.45) is 3.14. The van der Waals surface area contributed by atoms with Crippen molar-refractivity contribution in [1.29, 1.82) is 0 Å². The highest BCUT2D eigenvalue weighted by atomic mass is 28.3. The fourth-order valence-electron chi connectivity index (χ4n) is 9.73. The highest BCUT2D eigenvalue weighted by molar-refractivity contribution is 6.91. The van der Waals surface area contributed by atoms with Crippen molar-refractivity contribution >= 4 is 54.0 Å². The quantitative estimate of drug-likeness (QED) is 0.136. The number of likely N-dealkylation sites (tertiary alicyclic amines) is 1. The van der Waals surface area contributed by atoms with Gasteiger partial charge in [-0.05, 0) is 67.1 Å². The van der Waals surface area contributed by atoms with E-state index >= 15 is 4.79 Å². The van der Waals surface area contributed by atoms with Crippen LogP contribution in [0.3, 0.4) is 0 Å². The molecule has 13 heteroatoms. The molecule has 5 atom stereocenters. The van der Waals surface area contributed by atoms with Gasteiger partial charge in [-0.25, -0.2) is 5.01 Å². The number of hydrogen-bond acceptors (Lipinski definition) is 9. The summed E-state index contributed by atoms with van der Waals surface area (Å²) in [5.41, 5.74) is 1.95. The maximum Gasteiger partial charge on any atom is 0.305 e. The predicted octanol–water partition coefficient (Wildman–Crippen LogP) is 5.51. The summed E-state index contributed by atoms with van der Waals surface area (Å²) in [5, 5.41) is 17.6. The van der Waals surface area contributed by atoms with Crippen LogP contribution in [0, 0.1) is 5.92 Å². The zero-order valence-electron chi connectivity index (χ0n) is 33.6. The number of methoxy groups -OCH3 is 2. The number of hydrazone groups is 1. The Morgan fingerprint density at radius 1 is 1.00 bits per heavy atom. The summed E-state index contributed by atoms with van der Waals surface area (Å²) in [4.78, 5) is 58.6. The van der Waals surface area contributed by atoms with Crippen LogP contribution in [0.2, 0.25) is 18.6 Å². The molecule has 0 unspecified atom stereocenters. The average molecular weight is 795 g/mol. The van der Waals surface area contributed by atoms with Crippen LogP contribution < -0.4 is 19.8 Å². The maximum absolute atomic E-state index is 15.3. The van der Waals surface area contributed by atoms with Crippen molar-refractivity contribution in [3.63, 3.8) is 0 Å². The number of esters is 1. The second kappa shape index (κ2) is 16.6. The lowest BCUT2D eigenvalue weighted by Gasteiger charge is -2.37. The standard InChI is InChI=1S/C44H54N4O8Si/c1-29-42(57(4,5)34-19-17-33(54-2)18-20-34)38(27-40(51)46-25-11-14-32(46)28-49)56-44(29)35-26-31(48-39(50)23-21-36(45-48)30-12-7-6-8-13-30)16-22-37(35)47(43(44)53)24-10-9-15-41(52)55-3/h6-8,12-13,16-20,22,26,29,32,38,42,49H,9-11,14-15,21,23-25,27-28H2,1-5H3/t29-,32+,38+,42-,44+/m1/s1. The Balaban J connectivity index is 1.33. The summed E-state index contributed by atoms with van der Waals surface area (Å²) in [6, 6.07) is 23.2. The van der Waals surface area contributed by atoms with Gasteiger partial charge in [0.05, 0.1) is 64.6 Å². The minimum atomic E-state index is -2.57. The third-order valence-corrected chi connectivity index (χ3v) is 17.1. The second-order valence-electron chi connectivity index (χ2n) is 16.2. The molecule has 0 saturated carbocycles. The molecule has 3 aromatic rings. The van der Waals surface area contributed by atoms with Crippen LogP contribution in [0.4, 0.5) is 11.4 Å². The van der Waals surface area contributed by atoms with Crippen LogP contribution in [-0.2, 0) is 34.3 Å². The van der Waals surface area contributed by atoms with Crippen molar-refractivity contribution in [3.8, 4) is 5.75 Å². The molecule has 2 fully saturated rings. The minimum absolute atomic E-state index is 0.0661. The van der Waals surface area contributed by atoms with Gasteiger partial charge in [-0.3, -0.25) is 19.2 Å². The number of carbonyl (C=O) groups excluding carboxylic acids is 4. The van der Waals surface area contributed by atoms with Gasteiger partial charge >= 0.3 is 5.97 Å². The average Bonchev–Trinajstić information content (AvgIpc) is 3.89. The van der Waals surface area contributed by atoms with Crippen LogP contribution in [-0.4, -0.2) is 93.5 Å². The van der Waals surface area contributed by atoms with Gasteiger partial charge in [0, 0.05) is 43.8 Å². The fourth-order valence-corrected chi connectivity index (χ4v) is 13.7. The first-order valence-corrected chi connectivity index (χ1v) is 23.2. The predicted molar refractivity (Wildman–Crippen MR) is 220 cm³/mol. The van der Waals surface area contributed by atoms with Crippen molar-refractivity contribution in [1.82, 2.24) is 4.90 Å². The summed E-state index contributed by atoms with van der Waals surface area (Å²) < 4.78 is 17.6. The van der Waals surface area contributed by atoms with E-state index < -0.39 is 19.8 Å². The monoisotopic (exact) mass is 794 g/mol. The first kappa shape index (κ1) is 40.3. The highest BCUT2D eigenvalue weighted by Crippen LogP contribution is 2.60. The molecule has 3 aromatic carbocycles. The number of unbranched alkanes of at least 4 members (excludes halogenated alkanes) is 1. The van der Waals surface area contributed by atoms with Crippen molar-refractivity contribution in [3.05, 3.63) is 83.9 Å². The SMILES string of the molecule is COC(=O)CCCCN1C(=O)[C@@]2(O[C@@H](CC(=O)N3CCC[C@H]3CO)[C@H]([Si](C)(C)c3ccc(OC)cc3)[C@H]2C)c2cc(N3N=C(c4ccccc4)CCC3=O)ccc21. The van der Waals surface area contributed by atoms with Gasteiger partial charge in [0.15, 0.2) is 5.60 Å². The zero-order chi connectivity index (χ0) is 40.5. The van der Waals surface area contributed by atoms with E-state index in [9.17, 15) is 19.5 Å². The Morgan fingerprint density at radius 3 is 2.46 bits per heavy atom. The second-order valence-corrected chi connectivity index (χ2v) is 20.9. The molecular weight excluding hydrogens is 741 g/mol. The van der Waals surface area contributed by atoms with Gasteiger partial charge in [0.2, 0.25) is 11.8 Å². The lowest BCUT2D eigenvalue weighted by atomic mass is 9.82. The van der Waals surface area contributed by atoms with Crippen molar-refractivity contribution < 1.29 is 38.5 Å². The van der Waals surface area contributed by atoms with Gasteiger partial charge < -0.3 is 29.1 Å². The van der Waals surface area contributed by atoms with E-state index in [1.54, 1.807) is 16.9 Å². The smallest absolute Gasteiger partial charge is 0.305 e. The molecule has 12 nitrogen and oxygen atoms in total. The maximum atomic E-state index is 15.3. The van der Waals surface area contributed by atoms with Gasteiger partial charge in [-0.1, -0.05) is 67.7 Å². The van der Waals surface area contributed by atoms with Gasteiger partial charge in [0.1, 0.15) is 5.75 Å². The van der Waals surface area contributed by atoms with Gasteiger partial charge in [0.25, 0.3) is 5.91 Å². The molecule has 4 heterocycles. The van der Waals surface area contributed by atoms with Crippen LogP contribution >= 0.6 is 0 Å². The van der Waals surface area contributed by atoms with Crippen molar-refractivity contribution in [2.75, 3.05) is 43.8 Å². The first-order chi connectivity index (χ1) is 27.4. The van der Waals surface area contributed by atoms with Crippen LogP contribution in [0.5, 0.6) is 5.75 Å². The largest absolute Gasteiger partial charge is 0.497 e. The van der Waals surface area contributed by atoms with E-state index in [1.165, 1.54) is 12.1 Å². The number of anilines is 2. The molecule has 0 aromatic heterocycles. The number of nitrogens with zero attached hydrogens (tertiary/aromatic N) is 4. The van der Waals surface area contributed by atoms with Crippen molar-refractivity contribution in [2.24, 2.45) is 11.0 Å². The third-order valence-electron chi connectivity index (χ3n) is 12.7. The molecule has 57 heavy (non-hydrogen) atoms. The summed E-state index contributed by atoms with van der Waals surface area (Å²) >= 11 is 0. The third kappa shape index (κ3) is 7.41. The Hall–Kier alpha value is -4.85. The number of amides is 3. The molecule has 2 saturated heterocycles. The molecule has 3 amide bonds. The zero-order valence-corrected chi connectivity index (χ0v) is 34.6. The van der Waals surface area contributed by atoms with E-state index in [0.29, 0.717) is 49.3 Å². The molecule has 0 radical (unpaired) electrons. The summed E-state index contributed by atoms with van der Waals surface area (Å²) in [5.74, 6) is -0.397. The van der Waals surface area contributed by atoms with E-state index in [4.69, 9.17) is 19.3 Å². The van der Waals surface area contributed by atoms with Gasteiger partial charge in [-0.15, -0.1) is 0 Å². The molecule has 1 N–H and O–H groups in total. The normalized spacial score (nSPS) is 24.6. The van der Waals surface area contributed by atoms with Crippen LogP contribution in [0.15, 0.2) is 77.9 Å². The number of rotatable bonds is 13.